The zero-order valence-electron chi connectivity index (χ0n) is 14.0. The summed E-state index contributed by atoms with van der Waals surface area (Å²) in [5.74, 6) is 1.02. The molecule has 132 valence electrons. The fourth-order valence-corrected chi connectivity index (χ4v) is 2.97. The standard InChI is InChI=1S/C16H21ClN8/c1-16(21)3-6-25(7-4-16)10-8-23-13(15(20)24-10)12(18)9-2-5-22-14(19)11(9)17/h2,5,8,18H,3-4,6-7,21H2,1H3,(H2,19,22)(H2,20,24). The van der Waals surface area contributed by atoms with Crippen molar-refractivity contribution >= 4 is 34.8 Å². The van der Waals surface area contributed by atoms with Crippen molar-refractivity contribution in [2.75, 3.05) is 29.5 Å². The minimum absolute atomic E-state index is 0.0591. The quantitative estimate of drug-likeness (QED) is 0.606. The van der Waals surface area contributed by atoms with Crippen LogP contribution in [0, 0.1) is 5.41 Å². The number of halogens is 1. The first-order valence-electron chi connectivity index (χ1n) is 7.94. The van der Waals surface area contributed by atoms with E-state index in [0.717, 1.165) is 25.9 Å². The number of aromatic nitrogens is 3. The molecule has 1 aliphatic rings. The van der Waals surface area contributed by atoms with E-state index in [-0.39, 0.29) is 33.6 Å². The Balaban J connectivity index is 1.85. The molecule has 0 radical (unpaired) electrons. The molecule has 0 unspecified atom stereocenters. The van der Waals surface area contributed by atoms with E-state index in [4.69, 9.17) is 34.2 Å². The van der Waals surface area contributed by atoms with Crippen molar-refractivity contribution in [3.05, 3.63) is 34.7 Å². The molecule has 1 saturated heterocycles. The minimum atomic E-state index is -0.143. The summed E-state index contributed by atoms with van der Waals surface area (Å²) in [7, 11) is 0. The maximum Gasteiger partial charge on any atom is 0.154 e. The number of piperidine rings is 1. The summed E-state index contributed by atoms with van der Waals surface area (Å²) in [6, 6.07) is 1.60. The Morgan fingerprint density at radius 2 is 1.92 bits per heavy atom. The van der Waals surface area contributed by atoms with E-state index in [1.807, 2.05) is 0 Å². The zero-order valence-corrected chi connectivity index (χ0v) is 14.7. The summed E-state index contributed by atoms with van der Waals surface area (Å²) in [4.78, 5) is 14.7. The van der Waals surface area contributed by atoms with Crippen LogP contribution in [0.3, 0.4) is 0 Å². The smallest absolute Gasteiger partial charge is 0.154 e. The number of nitrogen functional groups attached to an aromatic ring is 2. The summed E-state index contributed by atoms with van der Waals surface area (Å²) in [6.07, 6.45) is 4.86. The second-order valence-electron chi connectivity index (χ2n) is 6.54. The topological polar surface area (TPSA) is 144 Å². The van der Waals surface area contributed by atoms with Gasteiger partial charge < -0.3 is 22.1 Å². The third kappa shape index (κ3) is 3.49. The first kappa shape index (κ1) is 17.4. The molecule has 1 aliphatic heterocycles. The van der Waals surface area contributed by atoms with Crippen molar-refractivity contribution < 1.29 is 0 Å². The Bertz CT molecular complexity index is 810. The number of nitrogens with one attached hydrogen (secondary N) is 1. The van der Waals surface area contributed by atoms with Crippen LogP contribution in [-0.4, -0.2) is 39.3 Å². The molecule has 2 aromatic rings. The molecule has 2 aromatic heterocycles. The Morgan fingerprint density at radius 1 is 1.24 bits per heavy atom. The van der Waals surface area contributed by atoms with Crippen LogP contribution in [0.5, 0.6) is 0 Å². The number of nitrogens with two attached hydrogens (primary N) is 3. The molecule has 25 heavy (non-hydrogen) atoms. The fourth-order valence-electron chi connectivity index (χ4n) is 2.77. The molecule has 0 amide bonds. The molecule has 8 nitrogen and oxygen atoms in total. The number of hydrogen-bond acceptors (Lipinski definition) is 8. The van der Waals surface area contributed by atoms with Crippen LogP contribution in [0.1, 0.15) is 31.0 Å². The van der Waals surface area contributed by atoms with Gasteiger partial charge >= 0.3 is 0 Å². The maximum absolute atomic E-state index is 8.34. The van der Waals surface area contributed by atoms with E-state index in [0.29, 0.717) is 11.4 Å². The highest BCUT2D eigenvalue weighted by molar-refractivity contribution is 6.37. The van der Waals surface area contributed by atoms with Crippen LogP contribution in [0.25, 0.3) is 0 Å². The van der Waals surface area contributed by atoms with Gasteiger partial charge in [-0.05, 0) is 25.8 Å². The summed E-state index contributed by atoms with van der Waals surface area (Å²) in [6.45, 7) is 3.65. The van der Waals surface area contributed by atoms with Gasteiger partial charge in [-0.1, -0.05) is 11.6 Å². The Kier molecular flexibility index (Phi) is 4.49. The van der Waals surface area contributed by atoms with E-state index in [1.165, 1.54) is 6.20 Å². The molecule has 3 heterocycles. The third-order valence-electron chi connectivity index (χ3n) is 4.44. The molecule has 0 saturated carbocycles. The van der Waals surface area contributed by atoms with Gasteiger partial charge in [-0.25, -0.2) is 15.0 Å². The van der Waals surface area contributed by atoms with Gasteiger partial charge in [0.2, 0.25) is 0 Å². The monoisotopic (exact) mass is 360 g/mol. The van der Waals surface area contributed by atoms with Crippen LogP contribution in [0.15, 0.2) is 18.5 Å². The number of anilines is 3. The molecule has 0 spiro atoms. The van der Waals surface area contributed by atoms with Crippen molar-refractivity contribution in [1.82, 2.24) is 15.0 Å². The van der Waals surface area contributed by atoms with E-state index in [9.17, 15) is 0 Å². The molecule has 3 rings (SSSR count). The average Bonchev–Trinajstić information content (AvgIpc) is 2.57. The lowest BCUT2D eigenvalue weighted by atomic mass is 9.91. The minimum Gasteiger partial charge on any atom is -0.382 e. The Morgan fingerprint density at radius 3 is 2.56 bits per heavy atom. The average molecular weight is 361 g/mol. The van der Waals surface area contributed by atoms with Crippen molar-refractivity contribution in [3.8, 4) is 0 Å². The molecular weight excluding hydrogens is 340 g/mol. The zero-order chi connectivity index (χ0) is 18.2. The largest absolute Gasteiger partial charge is 0.382 e. The van der Waals surface area contributed by atoms with Gasteiger partial charge in [0.1, 0.15) is 17.3 Å². The lowest BCUT2D eigenvalue weighted by Crippen LogP contribution is -2.48. The summed E-state index contributed by atoms with van der Waals surface area (Å²) in [5, 5.41) is 8.54. The van der Waals surface area contributed by atoms with Crippen LogP contribution in [0.2, 0.25) is 5.02 Å². The van der Waals surface area contributed by atoms with E-state index in [1.54, 1.807) is 12.3 Å². The lowest BCUT2D eigenvalue weighted by molar-refractivity contribution is 0.363. The van der Waals surface area contributed by atoms with Gasteiger partial charge in [0.15, 0.2) is 5.82 Å². The van der Waals surface area contributed by atoms with E-state index in [2.05, 4.69) is 26.8 Å². The van der Waals surface area contributed by atoms with E-state index < -0.39 is 0 Å². The molecule has 0 atom stereocenters. The molecule has 9 heteroatoms. The lowest BCUT2D eigenvalue weighted by Gasteiger charge is -2.37. The summed E-state index contributed by atoms with van der Waals surface area (Å²) >= 11 is 6.13. The second kappa shape index (κ2) is 6.45. The Labute approximate surface area is 150 Å². The van der Waals surface area contributed by atoms with Gasteiger partial charge in [-0.15, -0.1) is 0 Å². The highest BCUT2D eigenvalue weighted by atomic mass is 35.5. The van der Waals surface area contributed by atoms with Crippen LogP contribution < -0.4 is 22.1 Å². The number of hydrogen-bond donors (Lipinski definition) is 4. The second-order valence-corrected chi connectivity index (χ2v) is 6.91. The number of rotatable bonds is 3. The third-order valence-corrected chi connectivity index (χ3v) is 4.84. The van der Waals surface area contributed by atoms with Gasteiger partial charge in [-0.3, -0.25) is 5.41 Å². The summed E-state index contributed by atoms with van der Waals surface area (Å²) in [5.41, 5.74) is 18.5. The molecule has 0 aromatic carbocycles. The molecular formula is C16H21ClN8. The number of nitrogens with zero attached hydrogens (tertiary/aromatic N) is 4. The van der Waals surface area contributed by atoms with Gasteiger partial charge in [0, 0.05) is 30.4 Å². The molecule has 1 fully saturated rings. The van der Waals surface area contributed by atoms with Crippen molar-refractivity contribution in [3.63, 3.8) is 0 Å². The highest BCUT2D eigenvalue weighted by Crippen LogP contribution is 2.26. The predicted octanol–water partition coefficient (Wildman–Crippen LogP) is 1.42. The Hall–Kier alpha value is -2.45. The van der Waals surface area contributed by atoms with Crippen LogP contribution in [0.4, 0.5) is 17.5 Å². The van der Waals surface area contributed by atoms with Gasteiger partial charge in [-0.2, -0.15) is 0 Å². The predicted molar refractivity (Wildman–Crippen MR) is 100 cm³/mol. The SMILES string of the molecule is CC1(N)CCN(c2cnc(C(=N)c3ccnc(N)c3Cl)c(N)n2)CC1. The molecule has 7 N–H and O–H groups in total. The molecule has 0 bridgehead atoms. The van der Waals surface area contributed by atoms with Crippen LogP contribution >= 0.6 is 11.6 Å². The van der Waals surface area contributed by atoms with Crippen molar-refractivity contribution in [1.29, 1.82) is 5.41 Å². The van der Waals surface area contributed by atoms with Crippen molar-refractivity contribution in [2.45, 2.75) is 25.3 Å². The summed E-state index contributed by atoms with van der Waals surface area (Å²) < 4.78 is 0. The van der Waals surface area contributed by atoms with E-state index >= 15 is 0 Å². The highest BCUT2D eigenvalue weighted by Gasteiger charge is 2.27. The number of pyridine rings is 1. The first-order valence-corrected chi connectivity index (χ1v) is 8.32. The molecule has 0 aliphatic carbocycles. The fraction of sp³-hybridized carbons (Fsp3) is 0.375. The van der Waals surface area contributed by atoms with Gasteiger partial charge in [0.25, 0.3) is 0 Å². The maximum atomic E-state index is 8.34. The first-order chi connectivity index (χ1) is 11.8. The van der Waals surface area contributed by atoms with Crippen LogP contribution in [-0.2, 0) is 0 Å². The van der Waals surface area contributed by atoms with Crippen molar-refractivity contribution in [2.24, 2.45) is 5.73 Å². The van der Waals surface area contributed by atoms with Gasteiger partial charge in [0.05, 0.1) is 16.9 Å². The normalized spacial score (nSPS) is 16.7.